The van der Waals surface area contributed by atoms with E-state index in [4.69, 9.17) is 14.6 Å². The minimum Gasteiger partial charge on any atom is -0.496 e. The third-order valence-corrected chi connectivity index (χ3v) is 6.14. The molecule has 6 nitrogen and oxygen atoms in total. The Morgan fingerprint density at radius 2 is 1.77 bits per heavy atom. The van der Waals surface area contributed by atoms with Gasteiger partial charge in [-0.25, -0.2) is 9.78 Å². The molecule has 0 fully saturated rings. The number of methoxy groups -OCH3 is 2. The van der Waals surface area contributed by atoms with Crippen LogP contribution >= 0.6 is 11.3 Å². The zero-order valence-corrected chi connectivity index (χ0v) is 18.6. The molecule has 0 aliphatic carbocycles. The monoisotopic (exact) mass is 426 g/mol. The molecule has 7 heteroatoms. The molecule has 0 unspecified atom stereocenters. The molecule has 0 amide bonds. The number of carboxylic acids is 1. The first kappa shape index (κ1) is 21.8. The summed E-state index contributed by atoms with van der Waals surface area (Å²) in [4.78, 5) is 15.3. The van der Waals surface area contributed by atoms with Crippen LogP contribution in [0.15, 0.2) is 29.6 Å². The minimum atomic E-state index is -1.01. The molecule has 3 aromatic rings. The van der Waals surface area contributed by atoms with E-state index in [1.165, 1.54) is 11.3 Å². The molecule has 0 radical (unpaired) electrons. The summed E-state index contributed by atoms with van der Waals surface area (Å²) in [5, 5.41) is 14.8. The first-order valence-corrected chi connectivity index (χ1v) is 10.4. The van der Waals surface area contributed by atoms with Crippen molar-refractivity contribution < 1.29 is 19.4 Å². The molecule has 0 bridgehead atoms. The van der Waals surface area contributed by atoms with Crippen molar-refractivity contribution in [3.8, 4) is 22.1 Å². The van der Waals surface area contributed by atoms with Crippen molar-refractivity contribution in [3.05, 3.63) is 63.2 Å². The lowest BCUT2D eigenvalue weighted by atomic mass is 9.97. The number of hydrogen-bond donors (Lipinski definition) is 2. The molecule has 158 valence electrons. The number of hydrogen-bond acceptors (Lipinski definition) is 6. The van der Waals surface area contributed by atoms with Gasteiger partial charge in [0.2, 0.25) is 0 Å². The molecule has 2 aromatic carbocycles. The molecular formula is C23H26N2O4S. The lowest BCUT2D eigenvalue weighted by molar-refractivity contribution is 0.0691. The van der Waals surface area contributed by atoms with Gasteiger partial charge in [-0.05, 0) is 49.1 Å². The van der Waals surface area contributed by atoms with Crippen LogP contribution < -0.4 is 14.8 Å². The lowest BCUT2D eigenvalue weighted by Crippen LogP contribution is -2.16. The maximum absolute atomic E-state index is 11.1. The highest BCUT2D eigenvalue weighted by Crippen LogP contribution is 2.37. The molecule has 0 atom stereocenters. The molecule has 0 saturated carbocycles. The van der Waals surface area contributed by atoms with Crippen LogP contribution in [0.5, 0.6) is 11.5 Å². The first-order valence-electron chi connectivity index (χ1n) is 9.56. The number of rotatable bonds is 8. The number of benzene rings is 2. The van der Waals surface area contributed by atoms with Gasteiger partial charge in [0.05, 0.1) is 14.2 Å². The van der Waals surface area contributed by atoms with Gasteiger partial charge in [-0.3, -0.25) is 0 Å². The topological polar surface area (TPSA) is 80.7 Å². The molecule has 0 aliphatic heterocycles. The van der Waals surface area contributed by atoms with Crippen LogP contribution in [0.2, 0.25) is 0 Å². The standard InChI is InChI=1S/C23H26N2O4S/c1-13-14(2)21(29-5)18(15(3)20(13)28-4)11-24-10-16-7-6-8-17(9-16)22-25-19(12-30-22)23(26)27/h6-9,12,24H,10-11H2,1-5H3,(H,26,27). The lowest BCUT2D eigenvalue weighted by Gasteiger charge is -2.20. The van der Waals surface area contributed by atoms with Crippen LogP contribution in [0.3, 0.4) is 0 Å². The molecular weight excluding hydrogens is 400 g/mol. The normalized spacial score (nSPS) is 10.8. The van der Waals surface area contributed by atoms with E-state index in [1.807, 2.05) is 45.0 Å². The fraction of sp³-hybridized carbons (Fsp3) is 0.304. The third-order valence-electron chi connectivity index (χ3n) is 5.25. The summed E-state index contributed by atoms with van der Waals surface area (Å²) in [7, 11) is 3.39. The van der Waals surface area contributed by atoms with Gasteiger partial charge >= 0.3 is 5.97 Å². The number of carboxylic acid groups (broad SMARTS) is 1. The van der Waals surface area contributed by atoms with Crippen molar-refractivity contribution in [3.63, 3.8) is 0 Å². The first-order chi connectivity index (χ1) is 14.4. The Hall–Kier alpha value is -2.90. The fourth-order valence-corrected chi connectivity index (χ4v) is 4.39. The zero-order chi connectivity index (χ0) is 21.8. The van der Waals surface area contributed by atoms with E-state index in [2.05, 4.69) is 10.3 Å². The Morgan fingerprint density at radius 3 is 2.40 bits per heavy atom. The van der Waals surface area contributed by atoms with Crippen LogP contribution in [0.25, 0.3) is 10.6 Å². The predicted molar refractivity (Wildman–Crippen MR) is 119 cm³/mol. The average Bonchev–Trinajstić information content (AvgIpc) is 3.23. The molecule has 0 saturated heterocycles. The fourth-order valence-electron chi connectivity index (χ4n) is 3.60. The Balaban J connectivity index is 1.77. The zero-order valence-electron chi connectivity index (χ0n) is 17.8. The number of aromatic carboxylic acids is 1. The summed E-state index contributed by atoms with van der Waals surface area (Å²) in [5.74, 6) is 0.768. The van der Waals surface area contributed by atoms with Gasteiger partial charge in [0.1, 0.15) is 16.5 Å². The van der Waals surface area contributed by atoms with Crippen molar-refractivity contribution in [2.45, 2.75) is 33.9 Å². The molecule has 1 aromatic heterocycles. The van der Waals surface area contributed by atoms with E-state index < -0.39 is 5.97 Å². The SMILES string of the molecule is COc1c(C)c(C)c(OC)c(CNCc2cccc(-c3nc(C(=O)O)cs3)c2)c1C. The predicted octanol–water partition coefficient (Wildman–Crippen LogP) is 4.74. The molecule has 30 heavy (non-hydrogen) atoms. The average molecular weight is 427 g/mol. The van der Waals surface area contributed by atoms with Crippen molar-refractivity contribution in [2.75, 3.05) is 14.2 Å². The molecule has 0 spiro atoms. The van der Waals surface area contributed by atoms with E-state index in [0.717, 1.165) is 44.9 Å². The molecule has 1 heterocycles. The Kier molecular flexibility index (Phi) is 6.74. The van der Waals surface area contributed by atoms with E-state index in [9.17, 15) is 4.79 Å². The molecule has 3 rings (SSSR count). The summed E-state index contributed by atoms with van der Waals surface area (Å²) >= 11 is 1.33. The van der Waals surface area contributed by atoms with E-state index >= 15 is 0 Å². The summed E-state index contributed by atoms with van der Waals surface area (Å²) in [6, 6.07) is 7.96. The van der Waals surface area contributed by atoms with Crippen LogP contribution in [0, 0.1) is 20.8 Å². The van der Waals surface area contributed by atoms with Gasteiger partial charge in [-0.2, -0.15) is 0 Å². The van der Waals surface area contributed by atoms with Gasteiger partial charge in [0, 0.05) is 29.6 Å². The minimum absolute atomic E-state index is 0.0739. The highest BCUT2D eigenvalue weighted by Gasteiger charge is 2.18. The highest BCUT2D eigenvalue weighted by atomic mass is 32.1. The summed E-state index contributed by atoms with van der Waals surface area (Å²) in [6.45, 7) is 7.43. The van der Waals surface area contributed by atoms with Gasteiger partial charge < -0.3 is 19.9 Å². The Bertz CT molecular complexity index is 1080. The van der Waals surface area contributed by atoms with Crippen LogP contribution in [0.1, 0.15) is 38.3 Å². The molecule has 0 aliphatic rings. The smallest absolute Gasteiger partial charge is 0.355 e. The second-order valence-electron chi connectivity index (χ2n) is 7.07. The summed E-state index contributed by atoms with van der Waals surface area (Å²) in [6.07, 6.45) is 0. The van der Waals surface area contributed by atoms with Crippen molar-refractivity contribution in [2.24, 2.45) is 0 Å². The van der Waals surface area contributed by atoms with Gasteiger partial charge in [0.15, 0.2) is 5.69 Å². The second kappa shape index (κ2) is 9.28. The van der Waals surface area contributed by atoms with E-state index in [0.29, 0.717) is 18.1 Å². The van der Waals surface area contributed by atoms with Crippen LogP contribution in [0.4, 0.5) is 0 Å². The Morgan fingerprint density at radius 1 is 1.07 bits per heavy atom. The van der Waals surface area contributed by atoms with Crippen LogP contribution in [-0.4, -0.2) is 30.3 Å². The van der Waals surface area contributed by atoms with Gasteiger partial charge in [0.25, 0.3) is 0 Å². The largest absolute Gasteiger partial charge is 0.496 e. The number of aromatic nitrogens is 1. The maximum Gasteiger partial charge on any atom is 0.355 e. The Labute approximate surface area is 180 Å². The maximum atomic E-state index is 11.1. The molecule has 2 N–H and O–H groups in total. The van der Waals surface area contributed by atoms with Gasteiger partial charge in [-0.1, -0.05) is 18.2 Å². The summed E-state index contributed by atoms with van der Waals surface area (Å²) in [5.41, 5.74) is 6.40. The highest BCUT2D eigenvalue weighted by molar-refractivity contribution is 7.13. The number of ether oxygens (including phenoxy) is 2. The van der Waals surface area contributed by atoms with Crippen molar-refractivity contribution >= 4 is 17.3 Å². The van der Waals surface area contributed by atoms with E-state index in [1.54, 1.807) is 19.6 Å². The van der Waals surface area contributed by atoms with E-state index in [-0.39, 0.29) is 5.69 Å². The number of carbonyl (C=O) groups is 1. The number of nitrogens with zero attached hydrogens (tertiary/aromatic N) is 1. The van der Waals surface area contributed by atoms with Crippen molar-refractivity contribution in [1.82, 2.24) is 10.3 Å². The van der Waals surface area contributed by atoms with Crippen molar-refractivity contribution in [1.29, 1.82) is 0 Å². The number of nitrogens with one attached hydrogen (secondary N) is 1. The summed E-state index contributed by atoms with van der Waals surface area (Å²) < 4.78 is 11.3. The third kappa shape index (κ3) is 4.32. The quantitative estimate of drug-likeness (QED) is 0.541. The number of thiazole rings is 1. The second-order valence-corrected chi connectivity index (χ2v) is 7.93. The van der Waals surface area contributed by atoms with Gasteiger partial charge in [-0.15, -0.1) is 11.3 Å². The van der Waals surface area contributed by atoms with Crippen LogP contribution in [-0.2, 0) is 13.1 Å².